The first-order chi connectivity index (χ1) is 13.7. The average molecular weight is 396 g/mol. The summed E-state index contributed by atoms with van der Waals surface area (Å²) in [6, 6.07) is 15.9. The zero-order chi connectivity index (χ0) is 21.6. The minimum atomic E-state index is -0.176. The molecule has 0 atom stereocenters. The summed E-state index contributed by atoms with van der Waals surface area (Å²) in [4.78, 5) is 14.5. The van der Waals surface area contributed by atoms with Gasteiger partial charge < -0.3 is 9.64 Å². The van der Waals surface area contributed by atoms with Gasteiger partial charge in [-0.3, -0.25) is 4.79 Å². The van der Waals surface area contributed by atoms with E-state index in [1.807, 2.05) is 26.0 Å². The highest BCUT2D eigenvalue weighted by atomic mass is 16.5. The number of rotatable bonds is 9. The van der Waals surface area contributed by atoms with E-state index in [1.165, 1.54) is 16.8 Å². The number of ether oxygens (including phenoxy) is 1. The Morgan fingerprint density at radius 2 is 1.62 bits per heavy atom. The van der Waals surface area contributed by atoms with E-state index >= 15 is 0 Å². The predicted octanol–water partition coefficient (Wildman–Crippen LogP) is 6.35. The van der Waals surface area contributed by atoms with Gasteiger partial charge in [-0.15, -0.1) is 0 Å². The third kappa shape index (κ3) is 6.62. The van der Waals surface area contributed by atoms with E-state index in [0.29, 0.717) is 17.8 Å². The highest BCUT2D eigenvalue weighted by molar-refractivity contribution is 5.74. The third-order valence-corrected chi connectivity index (χ3v) is 5.13. The van der Waals surface area contributed by atoms with Gasteiger partial charge in [0.05, 0.1) is 5.92 Å². The van der Waals surface area contributed by atoms with E-state index in [-0.39, 0.29) is 11.9 Å². The summed E-state index contributed by atoms with van der Waals surface area (Å²) >= 11 is 0. The van der Waals surface area contributed by atoms with Gasteiger partial charge in [-0.2, -0.15) is 0 Å². The van der Waals surface area contributed by atoms with Crippen LogP contribution in [-0.4, -0.2) is 18.1 Å². The van der Waals surface area contributed by atoms with E-state index < -0.39 is 0 Å². The second-order valence-electron chi connectivity index (χ2n) is 8.81. The minimum absolute atomic E-state index is 0.128. The predicted molar refractivity (Wildman–Crippen MR) is 123 cm³/mol. The lowest BCUT2D eigenvalue weighted by Gasteiger charge is -2.33. The van der Waals surface area contributed by atoms with E-state index in [2.05, 4.69) is 69.9 Å². The van der Waals surface area contributed by atoms with Crippen LogP contribution in [0.2, 0.25) is 0 Å². The van der Waals surface area contributed by atoms with Crippen LogP contribution in [0.3, 0.4) is 0 Å². The highest BCUT2D eigenvalue weighted by Gasteiger charge is 2.15. The lowest BCUT2D eigenvalue weighted by molar-refractivity contribution is -0.137. The van der Waals surface area contributed by atoms with Crippen molar-refractivity contribution in [2.45, 2.75) is 79.8 Å². The summed E-state index contributed by atoms with van der Waals surface area (Å²) in [5.41, 5.74) is 4.94. The number of nitrogens with zero attached hydrogens (tertiary/aromatic N) is 1. The number of carbonyl (C=O) groups is 1. The summed E-state index contributed by atoms with van der Waals surface area (Å²) in [5, 5.41) is 0. The van der Waals surface area contributed by atoms with Gasteiger partial charge in [0.1, 0.15) is 5.75 Å². The molecule has 3 heteroatoms. The normalized spacial score (nSPS) is 11.4. The number of esters is 1. The lowest BCUT2D eigenvalue weighted by Crippen LogP contribution is -2.36. The molecule has 0 saturated carbocycles. The molecule has 2 aromatic rings. The van der Waals surface area contributed by atoms with Gasteiger partial charge in [0, 0.05) is 17.8 Å². The molecule has 29 heavy (non-hydrogen) atoms. The van der Waals surface area contributed by atoms with E-state index in [0.717, 1.165) is 24.8 Å². The van der Waals surface area contributed by atoms with Gasteiger partial charge in [-0.25, -0.2) is 0 Å². The van der Waals surface area contributed by atoms with Gasteiger partial charge in [0.15, 0.2) is 0 Å². The van der Waals surface area contributed by atoms with Crippen molar-refractivity contribution in [2.24, 2.45) is 5.92 Å². The molecule has 3 nitrogen and oxygen atoms in total. The molecule has 0 fully saturated rings. The smallest absolute Gasteiger partial charge is 0.313 e. The van der Waals surface area contributed by atoms with Crippen molar-refractivity contribution in [3.05, 3.63) is 59.2 Å². The van der Waals surface area contributed by atoms with Gasteiger partial charge in [0.25, 0.3) is 0 Å². The molecule has 0 aromatic heterocycles. The third-order valence-electron chi connectivity index (χ3n) is 5.13. The Bertz CT molecular complexity index is 800. The second-order valence-corrected chi connectivity index (χ2v) is 8.81. The zero-order valence-electron chi connectivity index (χ0n) is 19.2. The van der Waals surface area contributed by atoms with Crippen molar-refractivity contribution < 1.29 is 9.53 Å². The summed E-state index contributed by atoms with van der Waals surface area (Å²) < 4.78 is 5.62. The standard InChI is InChI=1S/C26H37NO2/c1-18(2)26(28)29-25-15-14-21(7)16-23(25)12-8-10-22-11-9-13-24(17-22)27(19(3)4)20(5)6/h9,11,13-20H,8,10,12H2,1-7H3. The minimum Gasteiger partial charge on any atom is -0.426 e. The summed E-state index contributed by atoms with van der Waals surface area (Å²) in [7, 11) is 0. The van der Waals surface area contributed by atoms with Crippen LogP contribution in [0.4, 0.5) is 5.69 Å². The summed E-state index contributed by atoms with van der Waals surface area (Å²) in [6.45, 7) is 14.8. The molecule has 0 saturated heterocycles. The van der Waals surface area contributed by atoms with Crippen LogP contribution in [0.5, 0.6) is 5.75 Å². The number of carbonyl (C=O) groups excluding carboxylic acids is 1. The van der Waals surface area contributed by atoms with Crippen LogP contribution in [0.1, 0.15) is 64.7 Å². The van der Waals surface area contributed by atoms with Gasteiger partial charge >= 0.3 is 5.97 Å². The zero-order valence-corrected chi connectivity index (χ0v) is 19.2. The summed E-state index contributed by atoms with van der Waals surface area (Å²) in [6.07, 6.45) is 2.91. The fraction of sp³-hybridized carbons (Fsp3) is 0.500. The Morgan fingerprint density at radius 1 is 0.931 bits per heavy atom. The lowest BCUT2D eigenvalue weighted by atomic mass is 10.0. The molecule has 0 aliphatic carbocycles. The van der Waals surface area contributed by atoms with Crippen LogP contribution < -0.4 is 9.64 Å². The quantitative estimate of drug-likeness (QED) is 0.366. The maximum Gasteiger partial charge on any atom is 0.313 e. The fourth-order valence-corrected chi connectivity index (χ4v) is 3.78. The summed E-state index contributed by atoms with van der Waals surface area (Å²) in [5.74, 6) is 0.399. The molecule has 0 bridgehead atoms. The molecular formula is C26H37NO2. The maximum absolute atomic E-state index is 12.0. The van der Waals surface area contributed by atoms with Gasteiger partial charge in [-0.05, 0) is 83.2 Å². The molecule has 0 aliphatic rings. The molecular weight excluding hydrogens is 358 g/mol. The van der Waals surface area contributed by atoms with Crippen molar-refractivity contribution in [3.8, 4) is 5.75 Å². The topological polar surface area (TPSA) is 29.5 Å². The number of benzene rings is 2. The van der Waals surface area contributed by atoms with E-state index in [4.69, 9.17) is 4.74 Å². The Balaban J connectivity index is 2.08. The molecule has 0 N–H and O–H groups in total. The molecule has 158 valence electrons. The van der Waals surface area contributed by atoms with Crippen LogP contribution in [0.25, 0.3) is 0 Å². The van der Waals surface area contributed by atoms with E-state index in [1.54, 1.807) is 0 Å². The number of hydrogen-bond donors (Lipinski definition) is 0. The second kappa shape index (κ2) is 10.5. The van der Waals surface area contributed by atoms with Crippen molar-refractivity contribution in [1.29, 1.82) is 0 Å². The monoisotopic (exact) mass is 395 g/mol. The largest absolute Gasteiger partial charge is 0.426 e. The number of aryl methyl sites for hydroxylation is 3. The Labute approximate surface area is 177 Å². The Kier molecular flexibility index (Phi) is 8.31. The Hall–Kier alpha value is -2.29. The molecule has 2 aromatic carbocycles. The van der Waals surface area contributed by atoms with Gasteiger partial charge in [-0.1, -0.05) is 43.7 Å². The first-order valence-electron chi connectivity index (χ1n) is 10.9. The van der Waals surface area contributed by atoms with Crippen molar-refractivity contribution in [1.82, 2.24) is 0 Å². The molecule has 0 heterocycles. The van der Waals surface area contributed by atoms with Gasteiger partial charge in [0.2, 0.25) is 0 Å². The first-order valence-corrected chi connectivity index (χ1v) is 10.9. The van der Waals surface area contributed by atoms with Crippen LogP contribution in [0, 0.1) is 12.8 Å². The van der Waals surface area contributed by atoms with Crippen LogP contribution >= 0.6 is 0 Å². The van der Waals surface area contributed by atoms with E-state index in [9.17, 15) is 4.79 Å². The molecule has 0 unspecified atom stereocenters. The SMILES string of the molecule is Cc1ccc(OC(=O)C(C)C)c(CCCc2cccc(N(C(C)C)C(C)C)c2)c1. The Morgan fingerprint density at radius 3 is 2.24 bits per heavy atom. The van der Waals surface area contributed by atoms with Crippen molar-refractivity contribution >= 4 is 11.7 Å². The molecule has 0 spiro atoms. The highest BCUT2D eigenvalue weighted by Crippen LogP contribution is 2.25. The maximum atomic E-state index is 12.0. The van der Waals surface area contributed by atoms with Crippen LogP contribution in [-0.2, 0) is 17.6 Å². The number of anilines is 1. The first kappa shape index (κ1) is 23.0. The number of hydrogen-bond acceptors (Lipinski definition) is 3. The molecule has 0 aliphatic heterocycles. The molecule has 0 amide bonds. The fourth-order valence-electron chi connectivity index (χ4n) is 3.78. The van der Waals surface area contributed by atoms with Crippen LogP contribution in [0.15, 0.2) is 42.5 Å². The molecule has 0 radical (unpaired) electrons. The average Bonchev–Trinajstić information content (AvgIpc) is 2.63. The van der Waals surface area contributed by atoms with Crippen molar-refractivity contribution in [3.63, 3.8) is 0 Å². The van der Waals surface area contributed by atoms with Crippen molar-refractivity contribution in [2.75, 3.05) is 4.90 Å². The molecule has 2 rings (SSSR count).